The van der Waals surface area contributed by atoms with Crippen LogP contribution in [-0.4, -0.2) is 66.3 Å². The van der Waals surface area contributed by atoms with Crippen molar-refractivity contribution >= 4 is 0 Å². The summed E-state index contributed by atoms with van der Waals surface area (Å²) in [6, 6.07) is 0. The second-order valence-electron chi connectivity index (χ2n) is 7.87. The number of unbranched alkanes of at least 4 members (excludes halogenated alkanes) is 4. The van der Waals surface area contributed by atoms with Crippen LogP contribution in [0.3, 0.4) is 0 Å². The Balaban J connectivity index is 1.31. The first-order valence-corrected chi connectivity index (χ1v) is 9.02. The van der Waals surface area contributed by atoms with Crippen molar-refractivity contribution in [1.29, 1.82) is 0 Å². The molecule has 0 radical (unpaired) electrons. The van der Waals surface area contributed by atoms with E-state index >= 15 is 0 Å². The van der Waals surface area contributed by atoms with Crippen LogP contribution in [0, 0.1) is 0 Å². The van der Waals surface area contributed by atoms with Crippen LogP contribution in [0.5, 0.6) is 0 Å². The zero-order valence-electron chi connectivity index (χ0n) is 13.8. The van der Waals surface area contributed by atoms with E-state index in [1.807, 2.05) is 0 Å². The monoisotopic (exact) mass is 326 g/mol. The molecule has 5 saturated heterocycles. The Morgan fingerprint density at radius 2 is 1.26 bits per heavy atom. The van der Waals surface area contributed by atoms with E-state index in [-0.39, 0.29) is 5.60 Å². The Morgan fingerprint density at radius 3 is 1.70 bits per heavy atom. The van der Waals surface area contributed by atoms with Gasteiger partial charge in [0.05, 0.1) is 26.4 Å². The molecule has 5 unspecified atom stereocenters. The molecule has 0 spiro atoms. The second kappa shape index (κ2) is 4.48. The van der Waals surface area contributed by atoms with Crippen LogP contribution in [0.2, 0.25) is 0 Å². The smallest absolute Gasteiger partial charge is 0.225 e. The van der Waals surface area contributed by atoms with Gasteiger partial charge in [0.15, 0.2) is 16.8 Å². The number of epoxide rings is 5. The first kappa shape index (κ1) is 15.0. The molecule has 130 valence electrons. The van der Waals surface area contributed by atoms with Crippen molar-refractivity contribution < 1.29 is 28.8 Å². The molecule has 5 rings (SSSR count). The molecule has 0 aromatic rings. The molecule has 0 aromatic carbocycles. The number of aliphatic hydroxyl groups is 1. The lowest BCUT2D eigenvalue weighted by molar-refractivity contribution is -0.0948. The van der Waals surface area contributed by atoms with Crippen LogP contribution in [0.25, 0.3) is 0 Å². The summed E-state index contributed by atoms with van der Waals surface area (Å²) in [5, 5.41) is 10.5. The topological polar surface area (TPSA) is 82.9 Å². The summed E-state index contributed by atoms with van der Waals surface area (Å²) in [7, 11) is 0. The maximum absolute atomic E-state index is 10.5. The predicted octanol–water partition coefficient (Wildman–Crippen LogP) is 1.14. The molecule has 6 heteroatoms. The fraction of sp³-hybridized carbons (Fsp3) is 1.00. The molecule has 0 aromatic heterocycles. The van der Waals surface area contributed by atoms with Gasteiger partial charge >= 0.3 is 0 Å². The SMILES string of the molecule is CCCCCCCC1(C2(C3(C4(C5(O)CO5)CO4)CO3)CO2)CO1. The molecule has 0 bridgehead atoms. The van der Waals surface area contributed by atoms with Crippen LogP contribution >= 0.6 is 0 Å². The van der Waals surface area contributed by atoms with Gasteiger partial charge in [0.25, 0.3) is 0 Å². The number of rotatable bonds is 10. The minimum atomic E-state index is -1.19. The fourth-order valence-electron chi connectivity index (χ4n) is 4.63. The highest BCUT2D eigenvalue weighted by atomic mass is 16.8. The predicted molar refractivity (Wildman–Crippen MR) is 79.0 cm³/mol. The van der Waals surface area contributed by atoms with Crippen molar-refractivity contribution in [2.75, 3.05) is 33.0 Å². The molecule has 5 fully saturated rings. The highest BCUT2D eigenvalue weighted by molar-refractivity contribution is 5.40. The summed E-state index contributed by atoms with van der Waals surface area (Å²) >= 11 is 0. The van der Waals surface area contributed by atoms with Crippen molar-refractivity contribution in [3.05, 3.63) is 0 Å². The third-order valence-corrected chi connectivity index (χ3v) is 6.57. The number of ether oxygens (including phenoxy) is 5. The van der Waals surface area contributed by atoms with E-state index in [9.17, 15) is 5.11 Å². The van der Waals surface area contributed by atoms with Gasteiger partial charge < -0.3 is 28.8 Å². The highest BCUT2D eigenvalue weighted by Gasteiger charge is 2.95. The highest BCUT2D eigenvalue weighted by Crippen LogP contribution is 2.71. The van der Waals surface area contributed by atoms with Crippen LogP contribution in [0.15, 0.2) is 0 Å². The Hall–Kier alpha value is -0.240. The molecule has 5 atom stereocenters. The van der Waals surface area contributed by atoms with E-state index in [0.29, 0.717) is 26.4 Å². The standard InChI is InChI=1S/C17H26O6/c1-2-3-4-5-6-7-13(8-19-13)14(9-20-14)15(10-21-15)16(11-22-16)17(18)12-23-17/h18H,2-12H2,1H3. The fourth-order valence-corrected chi connectivity index (χ4v) is 4.63. The first-order valence-electron chi connectivity index (χ1n) is 9.02. The van der Waals surface area contributed by atoms with E-state index in [2.05, 4.69) is 6.92 Å². The Bertz CT molecular complexity index is 497. The molecule has 5 heterocycles. The van der Waals surface area contributed by atoms with E-state index in [4.69, 9.17) is 23.7 Å². The summed E-state index contributed by atoms with van der Waals surface area (Å²) in [5.41, 5.74) is -2.05. The maximum Gasteiger partial charge on any atom is 0.225 e. The van der Waals surface area contributed by atoms with E-state index in [0.717, 1.165) is 19.4 Å². The van der Waals surface area contributed by atoms with Gasteiger partial charge in [0.2, 0.25) is 5.79 Å². The molecule has 5 aliphatic rings. The number of hydrogen-bond donors (Lipinski definition) is 1. The van der Waals surface area contributed by atoms with Crippen LogP contribution in [-0.2, 0) is 23.7 Å². The summed E-state index contributed by atoms with van der Waals surface area (Å²) in [4.78, 5) is 0. The summed E-state index contributed by atoms with van der Waals surface area (Å²) in [5.74, 6) is -1.19. The van der Waals surface area contributed by atoms with Crippen molar-refractivity contribution in [2.45, 2.75) is 73.6 Å². The Labute approximate surface area is 136 Å². The van der Waals surface area contributed by atoms with Gasteiger partial charge in [-0.25, -0.2) is 0 Å². The molecule has 0 saturated carbocycles. The first-order chi connectivity index (χ1) is 11.1. The van der Waals surface area contributed by atoms with Gasteiger partial charge in [0.1, 0.15) is 12.2 Å². The van der Waals surface area contributed by atoms with Crippen LogP contribution < -0.4 is 0 Å². The van der Waals surface area contributed by atoms with Gasteiger partial charge in [-0.3, -0.25) is 0 Å². The normalized spacial score (nSPS) is 55.6. The van der Waals surface area contributed by atoms with Crippen molar-refractivity contribution in [3.63, 3.8) is 0 Å². The van der Waals surface area contributed by atoms with Gasteiger partial charge in [-0.2, -0.15) is 0 Å². The average molecular weight is 326 g/mol. The lowest BCUT2D eigenvalue weighted by atomic mass is 9.71. The minimum Gasteiger partial charge on any atom is -0.366 e. The Kier molecular flexibility index (Phi) is 2.93. The molecule has 23 heavy (non-hydrogen) atoms. The molecule has 6 nitrogen and oxygen atoms in total. The van der Waals surface area contributed by atoms with Crippen molar-refractivity contribution in [3.8, 4) is 0 Å². The van der Waals surface area contributed by atoms with Crippen molar-refractivity contribution in [2.24, 2.45) is 0 Å². The Morgan fingerprint density at radius 1 is 0.696 bits per heavy atom. The lowest BCUT2D eigenvalue weighted by Gasteiger charge is -2.32. The molecule has 1 N–H and O–H groups in total. The second-order valence-corrected chi connectivity index (χ2v) is 7.87. The summed E-state index contributed by atoms with van der Waals surface area (Å²) < 4.78 is 28.8. The quantitative estimate of drug-likeness (QED) is 0.479. The van der Waals surface area contributed by atoms with Gasteiger partial charge in [-0.1, -0.05) is 39.0 Å². The van der Waals surface area contributed by atoms with Gasteiger partial charge in [0, 0.05) is 0 Å². The zero-order chi connectivity index (χ0) is 15.8. The van der Waals surface area contributed by atoms with Crippen molar-refractivity contribution in [1.82, 2.24) is 0 Å². The van der Waals surface area contributed by atoms with Crippen LogP contribution in [0.1, 0.15) is 45.4 Å². The zero-order valence-corrected chi connectivity index (χ0v) is 13.8. The lowest BCUT2D eigenvalue weighted by Crippen LogP contribution is -2.60. The van der Waals surface area contributed by atoms with E-state index in [1.165, 1.54) is 25.7 Å². The third kappa shape index (κ3) is 1.80. The number of hydrogen-bond acceptors (Lipinski definition) is 6. The maximum atomic E-state index is 10.5. The average Bonchev–Trinajstić information content (AvgIpc) is 3.39. The minimum absolute atomic E-state index is 0.250. The summed E-state index contributed by atoms with van der Waals surface area (Å²) in [6.07, 6.45) is 7.21. The largest absolute Gasteiger partial charge is 0.366 e. The molecule has 0 amide bonds. The molecular formula is C17H26O6. The van der Waals surface area contributed by atoms with Gasteiger partial charge in [-0.05, 0) is 6.42 Å². The van der Waals surface area contributed by atoms with E-state index in [1.54, 1.807) is 0 Å². The summed E-state index contributed by atoms with van der Waals surface area (Å²) in [6.45, 7) is 4.93. The third-order valence-electron chi connectivity index (χ3n) is 6.57. The molecule has 5 aliphatic heterocycles. The van der Waals surface area contributed by atoms with Gasteiger partial charge in [-0.15, -0.1) is 0 Å². The van der Waals surface area contributed by atoms with E-state index < -0.39 is 22.6 Å². The molecular weight excluding hydrogens is 300 g/mol. The van der Waals surface area contributed by atoms with Crippen LogP contribution in [0.4, 0.5) is 0 Å². The molecule has 0 aliphatic carbocycles.